The van der Waals surface area contributed by atoms with Crippen LogP contribution in [0.25, 0.3) is 0 Å². The molecule has 1 fully saturated rings. The van der Waals surface area contributed by atoms with Gasteiger partial charge < -0.3 is 10.2 Å². The van der Waals surface area contributed by atoms with Crippen molar-refractivity contribution in [1.82, 2.24) is 9.88 Å². The molecule has 0 aromatic carbocycles. The number of amides is 2. The van der Waals surface area contributed by atoms with Crippen LogP contribution in [0, 0.1) is 5.92 Å². The van der Waals surface area contributed by atoms with Crippen molar-refractivity contribution in [3.63, 3.8) is 0 Å². The van der Waals surface area contributed by atoms with Crippen molar-refractivity contribution in [3.05, 3.63) is 24.0 Å². The second-order valence-corrected chi connectivity index (χ2v) is 5.89. The minimum atomic E-state index is -0.168. The summed E-state index contributed by atoms with van der Waals surface area (Å²) in [4.78, 5) is 29.4. The van der Waals surface area contributed by atoms with E-state index in [1.165, 1.54) is 24.2 Å². The zero-order valence-corrected chi connectivity index (χ0v) is 12.8. The van der Waals surface area contributed by atoms with Gasteiger partial charge in [-0.3, -0.25) is 14.6 Å². The standard InChI is InChI=1S/C16H23N3O2/c1-19(2)16(21)14-11-13(8-9-17-14)18-15(20)10-12-6-4-3-5-7-12/h8-9,11-12H,3-7,10H2,1-2H3,(H,17,18,20). The van der Waals surface area contributed by atoms with Crippen molar-refractivity contribution in [2.75, 3.05) is 19.4 Å². The minimum Gasteiger partial charge on any atom is -0.343 e. The number of carbonyl (C=O) groups is 2. The number of hydrogen-bond donors (Lipinski definition) is 1. The van der Waals surface area contributed by atoms with E-state index >= 15 is 0 Å². The molecule has 1 aromatic rings. The molecule has 0 aliphatic heterocycles. The lowest BCUT2D eigenvalue weighted by Crippen LogP contribution is -2.23. The average Bonchev–Trinajstić information content (AvgIpc) is 2.47. The Morgan fingerprint density at radius 1 is 1.29 bits per heavy atom. The molecule has 1 saturated carbocycles. The summed E-state index contributed by atoms with van der Waals surface area (Å²) in [6.45, 7) is 0. The Morgan fingerprint density at radius 2 is 2.00 bits per heavy atom. The van der Waals surface area contributed by atoms with Crippen molar-refractivity contribution in [1.29, 1.82) is 0 Å². The van der Waals surface area contributed by atoms with Gasteiger partial charge in [-0.25, -0.2) is 0 Å². The van der Waals surface area contributed by atoms with Gasteiger partial charge in [-0.1, -0.05) is 19.3 Å². The number of nitrogens with zero attached hydrogens (tertiary/aromatic N) is 2. The van der Waals surface area contributed by atoms with Crippen LogP contribution in [0.2, 0.25) is 0 Å². The third kappa shape index (κ3) is 4.55. The average molecular weight is 289 g/mol. The molecule has 1 aliphatic carbocycles. The molecule has 0 bridgehead atoms. The van der Waals surface area contributed by atoms with Crippen LogP contribution in [0.5, 0.6) is 0 Å². The molecular weight excluding hydrogens is 266 g/mol. The van der Waals surface area contributed by atoms with Crippen LogP contribution >= 0.6 is 0 Å². The van der Waals surface area contributed by atoms with Crippen LogP contribution in [-0.4, -0.2) is 35.8 Å². The summed E-state index contributed by atoms with van der Waals surface area (Å²) in [7, 11) is 3.36. The smallest absolute Gasteiger partial charge is 0.272 e. The highest BCUT2D eigenvalue weighted by Gasteiger charge is 2.17. The lowest BCUT2D eigenvalue weighted by atomic mass is 9.87. The molecule has 114 valence electrons. The molecule has 1 N–H and O–H groups in total. The van der Waals surface area contributed by atoms with Crippen LogP contribution in [0.4, 0.5) is 5.69 Å². The molecule has 0 unspecified atom stereocenters. The van der Waals surface area contributed by atoms with E-state index in [-0.39, 0.29) is 11.8 Å². The molecule has 0 spiro atoms. The van der Waals surface area contributed by atoms with Crippen molar-refractivity contribution in [2.45, 2.75) is 38.5 Å². The predicted molar refractivity (Wildman–Crippen MR) is 82.1 cm³/mol. The minimum absolute atomic E-state index is 0.0244. The van der Waals surface area contributed by atoms with E-state index in [0.29, 0.717) is 23.7 Å². The van der Waals surface area contributed by atoms with Crippen molar-refractivity contribution >= 4 is 17.5 Å². The summed E-state index contributed by atoms with van der Waals surface area (Å²) in [6.07, 6.45) is 8.16. The molecule has 2 amide bonds. The van der Waals surface area contributed by atoms with Crippen molar-refractivity contribution in [3.8, 4) is 0 Å². The highest BCUT2D eigenvalue weighted by Crippen LogP contribution is 2.26. The lowest BCUT2D eigenvalue weighted by Gasteiger charge is -2.20. The molecule has 21 heavy (non-hydrogen) atoms. The Labute approximate surface area is 125 Å². The Bertz CT molecular complexity index is 508. The lowest BCUT2D eigenvalue weighted by molar-refractivity contribution is -0.117. The topological polar surface area (TPSA) is 62.3 Å². The van der Waals surface area contributed by atoms with Gasteiger partial charge in [-0.05, 0) is 30.9 Å². The number of nitrogens with one attached hydrogen (secondary N) is 1. The van der Waals surface area contributed by atoms with E-state index in [9.17, 15) is 9.59 Å². The summed E-state index contributed by atoms with van der Waals surface area (Å²) in [6, 6.07) is 3.34. The first kappa shape index (κ1) is 15.5. The van der Waals surface area contributed by atoms with Crippen LogP contribution in [-0.2, 0) is 4.79 Å². The van der Waals surface area contributed by atoms with Crippen LogP contribution in [0.1, 0.15) is 49.0 Å². The van der Waals surface area contributed by atoms with Gasteiger partial charge in [0.2, 0.25) is 5.91 Å². The molecular formula is C16H23N3O2. The highest BCUT2D eigenvalue weighted by molar-refractivity contribution is 5.95. The fourth-order valence-electron chi connectivity index (χ4n) is 2.72. The third-order valence-electron chi connectivity index (χ3n) is 3.87. The highest BCUT2D eigenvalue weighted by atomic mass is 16.2. The maximum Gasteiger partial charge on any atom is 0.272 e. The number of carbonyl (C=O) groups excluding carboxylic acids is 2. The predicted octanol–water partition coefficient (Wildman–Crippen LogP) is 2.69. The van der Waals surface area contributed by atoms with E-state index < -0.39 is 0 Å². The summed E-state index contributed by atoms with van der Waals surface area (Å²) in [5, 5.41) is 2.87. The van der Waals surface area contributed by atoms with E-state index in [1.54, 1.807) is 32.4 Å². The van der Waals surface area contributed by atoms with Gasteiger partial charge in [-0.15, -0.1) is 0 Å². The number of hydrogen-bond acceptors (Lipinski definition) is 3. The summed E-state index contributed by atoms with van der Waals surface area (Å²) < 4.78 is 0. The number of anilines is 1. The fourth-order valence-corrected chi connectivity index (χ4v) is 2.72. The Morgan fingerprint density at radius 3 is 2.67 bits per heavy atom. The van der Waals surface area contributed by atoms with Crippen LogP contribution < -0.4 is 5.32 Å². The van der Waals surface area contributed by atoms with Gasteiger partial charge in [0, 0.05) is 32.4 Å². The Kier molecular flexibility index (Phi) is 5.31. The second-order valence-electron chi connectivity index (χ2n) is 5.89. The summed E-state index contributed by atoms with van der Waals surface area (Å²) in [5.41, 5.74) is 0.978. The number of rotatable bonds is 4. The largest absolute Gasteiger partial charge is 0.343 e. The monoisotopic (exact) mass is 289 g/mol. The Balaban J connectivity index is 1.94. The van der Waals surface area contributed by atoms with Gasteiger partial charge in [0.15, 0.2) is 0 Å². The van der Waals surface area contributed by atoms with E-state index in [1.807, 2.05) is 0 Å². The first-order valence-electron chi connectivity index (χ1n) is 7.54. The quantitative estimate of drug-likeness (QED) is 0.927. The van der Waals surface area contributed by atoms with Crippen molar-refractivity contribution < 1.29 is 9.59 Å². The van der Waals surface area contributed by atoms with Gasteiger partial charge in [0.1, 0.15) is 5.69 Å². The van der Waals surface area contributed by atoms with Gasteiger partial charge >= 0.3 is 0 Å². The van der Waals surface area contributed by atoms with E-state index in [0.717, 1.165) is 12.8 Å². The van der Waals surface area contributed by atoms with E-state index in [2.05, 4.69) is 10.3 Å². The molecule has 2 rings (SSSR count). The molecule has 0 atom stereocenters. The summed E-state index contributed by atoms with van der Waals surface area (Å²) >= 11 is 0. The van der Waals surface area contributed by atoms with Gasteiger partial charge in [0.25, 0.3) is 5.91 Å². The normalized spacial score (nSPS) is 15.5. The molecule has 1 aliphatic rings. The first-order valence-corrected chi connectivity index (χ1v) is 7.54. The second kappa shape index (κ2) is 7.20. The zero-order valence-electron chi connectivity index (χ0n) is 12.8. The SMILES string of the molecule is CN(C)C(=O)c1cc(NC(=O)CC2CCCCC2)ccn1. The maximum absolute atomic E-state index is 12.1. The zero-order chi connectivity index (χ0) is 15.2. The molecule has 0 saturated heterocycles. The van der Waals surface area contributed by atoms with Gasteiger partial charge in [0.05, 0.1) is 0 Å². The molecule has 5 heteroatoms. The first-order chi connectivity index (χ1) is 10.1. The number of aromatic nitrogens is 1. The molecule has 1 heterocycles. The fraction of sp³-hybridized carbons (Fsp3) is 0.562. The van der Waals surface area contributed by atoms with Gasteiger partial charge in [-0.2, -0.15) is 0 Å². The van der Waals surface area contributed by atoms with E-state index in [4.69, 9.17) is 0 Å². The molecule has 1 aromatic heterocycles. The maximum atomic E-state index is 12.1. The van der Waals surface area contributed by atoms with Crippen molar-refractivity contribution in [2.24, 2.45) is 5.92 Å². The Hall–Kier alpha value is -1.91. The third-order valence-corrected chi connectivity index (χ3v) is 3.87. The van der Waals surface area contributed by atoms with Crippen LogP contribution in [0.3, 0.4) is 0 Å². The number of pyridine rings is 1. The summed E-state index contributed by atoms with van der Waals surface area (Å²) in [5.74, 6) is 0.359. The van der Waals surface area contributed by atoms with Crippen LogP contribution in [0.15, 0.2) is 18.3 Å². The molecule has 5 nitrogen and oxygen atoms in total. The molecule has 0 radical (unpaired) electrons.